The second-order valence-electron chi connectivity index (χ2n) is 4.89. The predicted molar refractivity (Wildman–Crippen MR) is 75.5 cm³/mol. The molecule has 1 aromatic rings. The Morgan fingerprint density at radius 1 is 1.16 bits per heavy atom. The van der Waals surface area contributed by atoms with Crippen LogP contribution in [0.4, 0.5) is 0 Å². The van der Waals surface area contributed by atoms with Gasteiger partial charge in [0.15, 0.2) is 11.5 Å². The maximum atomic E-state index is 6.31. The van der Waals surface area contributed by atoms with Crippen LogP contribution in [0.3, 0.4) is 0 Å². The van der Waals surface area contributed by atoms with E-state index in [-0.39, 0.29) is 0 Å². The Balaban J connectivity index is 1.72. The molecule has 2 heterocycles. The maximum absolute atomic E-state index is 6.31. The highest BCUT2D eigenvalue weighted by atomic mass is 35.5. The second-order valence-corrected chi connectivity index (χ2v) is 5.30. The van der Waals surface area contributed by atoms with Crippen molar-refractivity contribution in [1.82, 2.24) is 10.2 Å². The van der Waals surface area contributed by atoms with Crippen molar-refractivity contribution in [3.63, 3.8) is 0 Å². The highest BCUT2D eigenvalue weighted by Crippen LogP contribution is 2.38. The average molecular weight is 283 g/mol. The van der Waals surface area contributed by atoms with Gasteiger partial charge in [-0.15, -0.1) is 0 Å². The monoisotopic (exact) mass is 282 g/mol. The number of hydrogen-bond acceptors (Lipinski definition) is 4. The molecule has 1 N–H and O–H groups in total. The fourth-order valence-electron chi connectivity index (χ4n) is 2.59. The predicted octanol–water partition coefficient (Wildman–Crippen LogP) is 1.56. The van der Waals surface area contributed by atoms with Crippen LogP contribution in [0.2, 0.25) is 5.02 Å². The van der Waals surface area contributed by atoms with Crippen LogP contribution >= 0.6 is 11.6 Å². The number of halogens is 1. The van der Waals surface area contributed by atoms with Crippen molar-refractivity contribution < 1.29 is 9.47 Å². The summed E-state index contributed by atoms with van der Waals surface area (Å²) in [4.78, 5) is 2.45. The summed E-state index contributed by atoms with van der Waals surface area (Å²) < 4.78 is 11.3. The highest BCUT2D eigenvalue weighted by Gasteiger charge is 2.19. The molecule has 5 heteroatoms. The summed E-state index contributed by atoms with van der Waals surface area (Å²) in [6, 6.07) is 3.80. The number of ether oxygens (including phenoxy) is 2. The van der Waals surface area contributed by atoms with Gasteiger partial charge in [0.05, 0.1) is 0 Å². The Labute approximate surface area is 118 Å². The number of fused-ring (bicyclic) bond motifs is 1. The van der Waals surface area contributed by atoms with Crippen LogP contribution < -0.4 is 14.8 Å². The first-order chi connectivity index (χ1) is 9.34. The van der Waals surface area contributed by atoms with Crippen LogP contribution in [-0.4, -0.2) is 50.8 Å². The van der Waals surface area contributed by atoms with Crippen molar-refractivity contribution in [3.05, 3.63) is 22.7 Å². The molecule has 3 rings (SSSR count). The molecule has 0 spiro atoms. The molecule has 1 fully saturated rings. The minimum atomic E-state index is 0.605. The van der Waals surface area contributed by atoms with Gasteiger partial charge in [0.25, 0.3) is 0 Å². The summed E-state index contributed by atoms with van der Waals surface area (Å²) in [5.74, 6) is 1.67. The molecule has 2 aliphatic rings. The third kappa shape index (κ3) is 2.96. The Morgan fingerprint density at radius 3 is 2.79 bits per heavy atom. The van der Waals surface area contributed by atoms with Crippen LogP contribution in [0.1, 0.15) is 5.56 Å². The highest BCUT2D eigenvalue weighted by molar-refractivity contribution is 6.31. The molecule has 1 saturated heterocycles. The smallest absolute Gasteiger partial charge is 0.166 e. The largest absolute Gasteiger partial charge is 0.486 e. The molecule has 0 radical (unpaired) electrons. The van der Waals surface area contributed by atoms with Crippen LogP contribution in [-0.2, 0) is 6.42 Å². The zero-order valence-electron chi connectivity index (χ0n) is 11.0. The lowest BCUT2D eigenvalue weighted by molar-refractivity contribution is 0.169. The number of hydrogen-bond donors (Lipinski definition) is 1. The molecule has 19 heavy (non-hydrogen) atoms. The van der Waals surface area contributed by atoms with Crippen LogP contribution in [0.25, 0.3) is 0 Å². The molecule has 0 saturated carbocycles. The lowest BCUT2D eigenvalue weighted by Gasteiger charge is -2.28. The van der Waals surface area contributed by atoms with Gasteiger partial charge < -0.3 is 19.7 Å². The third-order valence-corrected chi connectivity index (χ3v) is 4.00. The first kappa shape index (κ1) is 13.0. The number of piperazine rings is 1. The number of nitrogens with one attached hydrogen (secondary N) is 1. The lowest BCUT2D eigenvalue weighted by Crippen LogP contribution is -2.44. The molecule has 104 valence electrons. The molecular weight excluding hydrogens is 264 g/mol. The van der Waals surface area contributed by atoms with E-state index in [1.54, 1.807) is 0 Å². The summed E-state index contributed by atoms with van der Waals surface area (Å²) in [6.45, 7) is 6.58. The Bertz CT molecular complexity index is 447. The van der Waals surface area contributed by atoms with Gasteiger partial charge in [-0.1, -0.05) is 11.6 Å². The maximum Gasteiger partial charge on any atom is 0.166 e. The van der Waals surface area contributed by atoms with E-state index in [0.29, 0.717) is 13.2 Å². The summed E-state index contributed by atoms with van der Waals surface area (Å²) >= 11 is 6.31. The van der Waals surface area contributed by atoms with Gasteiger partial charge in [-0.05, 0) is 18.6 Å². The fraction of sp³-hybridized carbons (Fsp3) is 0.571. The van der Waals surface area contributed by atoms with Crippen molar-refractivity contribution in [2.45, 2.75) is 6.42 Å². The molecule has 0 aromatic heterocycles. The van der Waals surface area contributed by atoms with Crippen molar-refractivity contribution in [1.29, 1.82) is 0 Å². The van der Waals surface area contributed by atoms with Gasteiger partial charge >= 0.3 is 0 Å². The lowest BCUT2D eigenvalue weighted by atomic mass is 10.1. The number of benzene rings is 1. The van der Waals surface area contributed by atoms with Crippen LogP contribution in [0.15, 0.2) is 12.1 Å². The van der Waals surface area contributed by atoms with Crippen molar-refractivity contribution in [2.24, 2.45) is 0 Å². The molecule has 1 aromatic carbocycles. The Kier molecular flexibility index (Phi) is 4.11. The van der Waals surface area contributed by atoms with Crippen molar-refractivity contribution in [3.8, 4) is 11.5 Å². The number of nitrogens with zero attached hydrogens (tertiary/aromatic N) is 1. The quantitative estimate of drug-likeness (QED) is 0.912. The zero-order chi connectivity index (χ0) is 13.1. The van der Waals surface area contributed by atoms with Gasteiger partial charge in [0.2, 0.25) is 0 Å². The molecule has 0 aliphatic carbocycles. The summed E-state index contributed by atoms with van der Waals surface area (Å²) in [7, 11) is 0. The van der Waals surface area contributed by atoms with Gasteiger partial charge in [-0.25, -0.2) is 0 Å². The topological polar surface area (TPSA) is 33.7 Å². The van der Waals surface area contributed by atoms with E-state index in [1.807, 2.05) is 12.1 Å². The van der Waals surface area contributed by atoms with E-state index in [2.05, 4.69) is 10.2 Å². The van der Waals surface area contributed by atoms with E-state index < -0.39 is 0 Å². The zero-order valence-corrected chi connectivity index (χ0v) is 11.7. The van der Waals surface area contributed by atoms with E-state index >= 15 is 0 Å². The van der Waals surface area contributed by atoms with E-state index in [1.165, 1.54) is 0 Å². The van der Waals surface area contributed by atoms with Crippen LogP contribution in [0.5, 0.6) is 11.5 Å². The summed E-state index contributed by atoms with van der Waals surface area (Å²) in [5.41, 5.74) is 1.08. The van der Waals surface area contributed by atoms with E-state index in [4.69, 9.17) is 21.1 Å². The van der Waals surface area contributed by atoms with Gasteiger partial charge in [-0.2, -0.15) is 0 Å². The first-order valence-corrected chi connectivity index (χ1v) is 7.22. The minimum Gasteiger partial charge on any atom is -0.486 e. The summed E-state index contributed by atoms with van der Waals surface area (Å²) in [6.07, 6.45) is 0.908. The second kappa shape index (κ2) is 5.99. The molecule has 0 unspecified atom stereocenters. The Morgan fingerprint density at radius 2 is 1.95 bits per heavy atom. The number of rotatable bonds is 3. The fourth-order valence-corrected chi connectivity index (χ4v) is 2.83. The van der Waals surface area contributed by atoms with Crippen molar-refractivity contribution in [2.75, 3.05) is 45.9 Å². The van der Waals surface area contributed by atoms with Gasteiger partial charge in [-0.3, -0.25) is 0 Å². The first-order valence-electron chi connectivity index (χ1n) is 6.84. The molecule has 2 aliphatic heterocycles. The van der Waals surface area contributed by atoms with Crippen LogP contribution in [0, 0.1) is 0 Å². The molecule has 0 amide bonds. The standard InChI is InChI=1S/C14H19ClN2O2/c15-12-1-2-13-14(19-10-9-18-13)11(12)3-6-17-7-4-16-5-8-17/h1-2,16H,3-10H2. The Hall–Kier alpha value is -0.970. The molecule has 0 bridgehead atoms. The molecule has 0 atom stereocenters. The molecular formula is C14H19ClN2O2. The van der Waals surface area contributed by atoms with E-state index in [0.717, 1.165) is 61.2 Å². The minimum absolute atomic E-state index is 0.605. The SMILES string of the molecule is Clc1ccc2c(c1CCN1CCNCC1)OCCO2. The van der Waals surface area contributed by atoms with Gasteiger partial charge in [0.1, 0.15) is 13.2 Å². The average Bonchev–Trinajstić information content (AvgIpc) is 2.47. The summed E-state index contributed by atoms with van der Waals surface area (Å²) in [5, 5.41) is 4.14. The van der Waals surface area contributed by atoms with Gasteiger partial charge in [0, 0.05) is 43.3 Å². The van der Waals surface area contributed by atoms with E-state index in [9.17, 15) is 0 Å². The molecule has 4 nitrogen and oxygen atoms in total. The normalized spacial score (nSPS) is 19.4. The van der Waals surface area contributed by atoms with Crippen molar-refractivity contribution >= 4 is 11.6 Å². The third-order valence-electron chi connectivity index (χ3n) is 3.64.